The molecule has 0 aliphatic carbocycles. The first-order chi connectivity index (χ1) is 10.7. The number of hydrogen-bond donors (Lipinski definition) is 1. The summed E-state index contributed by atoms with van der Waals surface area (Å²) in [6.07, 6.45) is 0. The number of hydrogen-bond acceptors (Lipinski definition) is 1. The summed E-state index contributed by atoms with van der Waals surface area (Å²) in [4.78, 5) is 0. The second-order valence-electron chi connectivity index (χ2n) is 5.64. The molecule has 0 aliphatic rings. The van der Waals surface area contributed by atoms with Gasteiger partial charge >= 0.3 is 0 Å². The molecule has 0 unspecified atom stereocenters. The Balaban J connectivity index is 2.42. The van der Waals surface area contributed by atoms with Gasteiger partial charge < -0.3 is 5.11 Å². The van der Waals surface area contributed by atoms with Crippen molar-refractivity contribution in [1.82, 2.24) is 0 Å². The van der Waals surface area contributed by atoms with E-state index < -0.39 is 0 Å². The summed E-state index contributed by atoms with van der Waals surface area (Å²) in [6, 6.07) is 17.2. The normalized spacial score (nSPS) is 11.6. The van der Waals surface area contributed by atoms with E-state index in [4.69, 9.17) is 0 Å². The minimum Gasteiger partial charge on any atom is -0.392 e. The Kier molecular flexibility index (Phi) is 2.88. The Morgan fingerprint density at radius 1 is 0.864 bits per heavy atom. The van der Waals surface area contributed by atoms with Gasteiger partial charge in [-0.15, -0.1) is 0 Å². The molecule has 22 heavy (non-hydrogen) atoms. The first-order valence-electron chi connectivity index (χ1n) is 7.34. The summed E-state index contributed by atoms with van der Waals surface area (Å²) in [7, 11) is 0. The summed E-state index contributed by atoms with van der Waals surface area (Å²) in [6.45, 7) is 1.84. The summed E-state index contributed by atoms with van der Waals surface area (Å²) in [5.74, 6) is -0.230. The van der Waals surface area contributed by atoms with Crippen molar-refractivity contribution in [2.45, 2.75) is 13.5 Å². The zero-order chi connectivity index (χ0) is 15.3. The highest BCUT2D eigenvalue weighted by Gasteiger charge is 2.16. The molecule has 0 bridgehead atoms. The van der Waals surface area contributed by atoms with Crippen LogP contribution in [0.25, 0.3) is 32.3 Å². The maximum Gasteiger partial charge on any atom is 0.131 e. The van der Waals surface area contributed by atoms with Crippen LogP contribution in [0.4, 0.5) is 4.39 Å². The van der Waals surface area contributed by atoms with Crippen LogP contribution < -0.4 is 0 Å². The van der Waals surface area contributed by atoms with E-state index >= 15 is 0 Å². The minimum absolute atomic E-state index is 0.106. The van der Waals surface area contributed by atoms with E-state index in [0.29, 0.717) is 5.39 Å². The summed E-state index contributed by atoms with van der Waals surface area (Å²) in [5, 5.41) is 15.2. The number of halogens is 1. The third-order valence-corrected chi connectivity index (χ3v) is 4.49. The van der Waals surface area contributed by atoms with Crippen molar-refractivity contribution in [3.05, 3.63) is 71.5 Å². The zero-order valence-corrected chi connectivity index (χ0v) is 12.2. The minimum atomic E-state index is -0.230. The van der Waals surface area contributed by atoms with Crippen LogP contribution in [0.5, 0.6) is 0 Å². The van der Waals surface area contributed by atoms with Gasteiger partial charge in [0.15, 0.2) is 0 Å². The van der Waals surface area contributed by atoms with Crippen LogP contribution in [0.1, 0.15) is 11.1 Å². The number of benzene rings is 4. The second kappa shape index (κ2) is 4.79. The van der Waals surface area contributed by atoms with Gasteiger partial charge in [0.1, 0.15) is 5.82 Å². The number of aliphatic hydroxyl groups excluding tert-OH is 1. The van der Waals surface area contributed by atoms with E-state index in [1.165, 1.54) is 0 Å². The Bertz CT molecular complexity index is 1030. The highest BCUT2D eigenvalue weighted by atomic mass is 19.1. The molecule has 1 nitrogen and oxygen atoms in total. The third-order valence-electron chi connectivity index (χ3n) is 4.49. The van der Waals surface area contributed by atoms with Crippen LogP contribution >= 0.6 is 0 Å². The molecule has 0 aliphatic heterocycles. The molecule has 0 saturated carbocycles. The maximum atomic E-state index is 14.7. The van der Waals surface area contributed by atoms with Gasteiger partial charge in [0.25, 0.3) is 0 Å². The molecule has 4 aromatic rings. The van der Waals surface area contributed by atoms with Crippen molar-refractivity contribution in [2.75, 3.05) is 0 Å². The number of fused-ring (bicyclic) bond motifs is 4. The van der Waals surface area contributed by atoms with Crippen molar-refractivity contribution in [3.63, 3.8) is 0 Å². The quantitative estimate of drug-likeness (QED) is 0.382. The maximum absolute atomic E-state index is 14.7. The fourth-order valence-electron chi connectivity index (χ4n) is 3.50. The number of aliphatic hydroxyl groups is 1. The lowest BCUT2D eigenvalue weighted by Crippen LogP contribution is -1.96. The van der Waals surface area contributed by atoms with Crippen LogP contribution in [0.3, 0.4) is 0 Å². The molecular formula is C20H15FO. The van der Waals surface area contributed by atoms with Gasteiger partial charge in [0.2, 0.25) is 0 Å². The second-order valence-corrected chi connectivity index (χ2v) is 5.64. The standard InChI is InChI=1S/C20H15FO/c1-12-14-7-4-5-9-16(14)17(11-22)20-15-8-3-2-6-13(15)10-18(21)19(12)20/h2-10,22H,11H2,1H3. The molecule has 108 valence electrons. The molecule has 0 spiro atoms. The van der Waals surface area contributed by atoms with E-state index in [-0.39, 0.29) is 12.4 Å². The van der Waals surface area contributed by atoms with Crippen molar-refractivity contribution in [2.24, 2.45) is 0 Å². The molecule has 0 heterocycles. The van der Waals surface area contributed by atoms with Gasteiger partial charge in [0, 0.05) is 5.39 Å². The van der Waals surface area contributed by atoms with Gasteiger partial charge in [-0.3, -0.25) is 0 Å². The van der Waals surface area contributed by atoms with Crippen molar-refractivity contribution >= 4 is 32.3 Å². The van der Waals surface area contributed by atoms with Gasteiger partial charge in [0.05, 0.1) is 6.61 Å². The number of rotatable bonds is 1. The molecule has 1 N–H and O–H groups in total. The molecule has 0 atom stereocenters. The van der Waals surface area contributed by atoms with Crippen LogP contribution in [0, 0.1) is 12.7 Å². The summed E-state index contributed by atoms with van der Waals surface area (Å²) in [5.41, 5.74) is 1.72. The van der Waals surface area contributed by atoms with Crippen molar-refractivity contribution in [3.8, 4) is 0 Å². The highest BCUT2D eigenvalue weighted by molar-refractivity contribution is 6.16. The monoisotopic (exact) mass is 290 g/mol. The predicted molar refractivity (Wildman–Crippen MR) is 89.6 cm³/mol. The van der Waals surface area contributed by atoms with E-state index in [1.807, 2.05) is 55.5 Å². The van der Waals surface area contributed by atoms with E-state index in [9.17, 15) is 9.50 Å². The fraction of sp³-hybridized carbons (Fsp3) is 0.100. The van der Waals surface area contributed by atoms with Crippen LogP contribution in [-0.4, -0.2) is 5.11 Å². The molecule has 0 radical (unpaired) electrons. The first-order valence-corrected chi connectivity index (χ1v) is 7.34. The van der Waals surface area contributed by atoms with Gasteiger partial charge in [-0.2, -0.15) is 0 Å². The Labute approximate surface area is 127 Å². The zero-order valence-electron chi connectivity index (χ0n) is 12.2. The average Bonchev–Trinajstić information content (AvgIpc) is 2.55. The molecule has 0 amide bonds. The van der Waals surface area contributed by atoms with Crippen LogP contribution in [-0.2, 0) is 6.61 Å². The smallest absolute Gasteiger partial charge is 0.131 e. The molecule has 4 rings (SSSR count). The van der Waals surface area contributed by atoms with Crippen molar-refractivity contribution < 1.29 is 9.50 Å². The fourth-order valence-corrected chi connectivity index (χ4v) is 3.50. The van der Waals surface area contributed by atoms with E-state index in [1.54, 1.807) is 6.07 Å². The molecule has 4 aromatic carbocycles. The third kappa shape index (κ3) is 1.68. The van der Waals surface area contributed by atoms with Gasteiger partial charge in [-0.05, 0) is 51.0 Å². The van der Waals surface area contributed by atoms with E-state index in [2.05, 4.69) is 0 Å². The van der Waals surface area contributed by atoms with E-state index in [0.717, 1.165) is 38.1 Å². The molecule has 0 fully saturated rings. The Morgan fingerprint density at radius 3 is 2.23 bits per heavy atom. The Hall–Kier alpha value is -2.45. The lowest BCUT2D eigenvalue weighted by atomic mass is 9.89. The largest absolute Gasteiger partial charge is 0.392 e. The molecule has 0 saturated heterocycles. The lowest BCUT2D eigenvalue weighted by Gasteiger charge is -2.16. The highest BCUT2D eigenvalue weighted by Crippen LogP contribution is 2.38. The average molecular weight is 290 g/mol. The summed E-state index contributed by atoms with van der Waals surface area (Å²) >= 11 is 0. The van der Waals surface area contributed by atoms with Gasteiger partial charge in [-0.1, -0.05) is 48.5 Å². The molecule has 2 heteroatoms. The van der Waals surface area contributed by atoms with Crippen LogP contribution in [0.2, 0.25) is 0 Å². The molecule has 0 aromatic heterocycles. The van der Waals surface area contributed by atoms with Gasteiger partial charge in [-0.25, -0.2) is 4.39 Å². The Morgan fingerprint density at radius 2 is 1.50 bits per heavy atom. The summed E-state index contributed by atoms with van der Waals surface area (Å²) < 4.78 is 14.7. The first kappa shape index (κ1) is 13.2. The SMILES string of the molecule is Cc1c2ccccc2c(CO)c2c1c(F)cc1ccccc12. The predicted octanol–water partition coefficient (Wildman–Crippen LogP) is 5.09. The topological polar surface area (TPSA) is 20.2 Å². The lowest BCUT2D eigenvalue weighted by molar-refractivity contribution is 0.285. The number of aryl methyl sites for hydroxylation is 1. The van der Waals surface area contributed by atoms with Crippen molar-refractivity contribution in [1.29, 1.82) is 0 Å². The van der Waals surface area contributed by atoms with Crippen LogP contribution in [0.15, 0.2) is 54.6 Å². The molecular weight excluding hydrogens is 275 g/mol.